The first kappa shape index (κ1) is 13.5. The van der Waals surface area contributed by atoms with E-state index in [0.717, 1.165) is 19.4 Å². The molecule has 0 radical (unpaired) electrons. The fourth-order valence-electron chi connectivity index (χ4n) is 2.20. The first-order valence-corrected chi connectivity index (χ1v) is 7.72. The van der Waals surface area contributed by atoms with Crippen molar-refractivity contribution in [2.75, 3.05) is 13.1 Å². The molecule has 1 aliphatic heterocycles. The lowest BCUT2D eigenvalue weighted by Crippen LogP contribution is -2.47. The largest absolute Gasteiger partial charge is 0.332 e. The van der Waals surface area contributed by atoms with E-state index in [9.17, 15) is 8.42 Å². The van der Waals surface area contributed by atoms with Crippen LogP contribution in [-0.2, 0) is 10.0 Å². The van der Waals surface area contributed by atoms with E-state index in [0.29, 0.717) is 18.3 Å². The molecule has 2 unspecified atom stereocenters. The highest BCUT2D eigenvalue weighted by Crippen LogP contribution is 2.15. The van der Waals surface area contributed by atoms with E-state index in [1.807, 2.05) is 0 Å². The van der Waals surface area contributed by atoms with Crippen LogP contribution < -0.4 is 10.0 Å². The lowest BCUT2D eigenvalue weighted by atomic mass is 9.93. The van der Waals surface area contributed by atoms with E-state index in [4.69, 9.17) is 0 Å². The smallest absolute Gasteiger partial charge is 0.257 e. The maximum absolute atomic E-state index is 12.0. The van der Waals surface area contributed by atoms with Gasteiger partial charge in [0.25, 0.3) is 10.0 Å². The highest BCUT2D eigenvalue weighted by Gasteiger charge is 2.24. The van der Waals surface area contributed by atoms with Crippen molar-refractivity contribution in [3.05, 3.63) is 12.0 Å². The molecule has 2 atom stereocenters. The van der Waals surface area contributed by atoms with Crippen LogP contribution in [0.1, 0.15) is 25.6 Å². The van der Waals surface area contributed by atoms with Crippen molar-refractivity contribution < 1.29 is 8.42 Å². The minimum atomic E-state index is -3.47. The summed E-state index contributed by atoms with van der Waals surface area (Å²) in [6, 6.07) is 0.206. The molecule has 6 nitrogen and oxygen atoms in total. The normalized spacial score (nSPS) is 25.2. The fourth-order valence-corrected chi connectivity index (χ4v) is 3.23. The summed E-state index contributed by atoms with van der Waals surface area (Å²) in [5, 5.41) is 3.47. The number of H-pyrrole nitrogens is 1. The van der Waals surface area contributed by atoms with Gasteiger partial charge < -0.3 is 10.3 Å². The van der Waals surface area contributed by atoms with Gasteiger partial charge in [-0.25, -0.2) is 18.1 Å². The second kappa shape index (κ2) is 5.38. The van der Waals surface area contributed by atoms with Gasteiger partial charge in [-0.15, -0.1) is 0 Å². The Bertz CT molecular complexity index is 497. The molecule has 1 fully saturated rings. The van der Waals surface area contributed by atoms with Gasteiger partial charge in [-0.3, -0.25) is 0 Å². The highest BCUT2D eigenvalue weighted by atomic mass is 32.2. The highest BCUT2D eigenvalue weighted by molar-refractivity contribution is 7.89. The Hall–Kier alpha value is -0.920. The minimum absolute atomic E-state index is 0.128. The average molecular weight is 272 g/mol. The quantitative estimate of drug-likeness (QED) is 0.740. The molecule has 7 heteroatoms. The average Bonchev–Trinajstić information content (AvgIpc) is 2.76. The Balaban J connectivity index is 1.96. The second-order valence-corrected chi connectivity index (χ2v) is 6.60. The molecule has 3 N–H and O–H groups in total. The van der Waals surface area contributed by atoms with Crippen LogP contribution >= 0.6 is 0 Å². The van der Waals surface area contributed by atoms with Gasteiger partial charge in [0.05, 0.1) is 6.20 Å². The molecule has 1 aromatic rings. The van der Waals surface area contributed by atoms with Crippen LogP contribution in [0.3, 0.4) is 0 Å². The summed E-state index contributed by atoms with van der Waals surface area (Å²) in [6.45, 7) is 5.25. The topological polar surface area (TPSA) is 86.9 Å². The van der Waals surface area contributed by atoms with Gasteiger partial charge in [0.1, 0.15) is 5.82 Å². The third-order valence-corrected chi connectivity index (χ3v) is 4.73. The zero-order valence-electron chi connectivity index (χ0n) is 10.7. The summed E-state index contributed by atoms with van der Waals surface area (Å²) in [7, 11) is -3.47. The van der Waals surface area contributed by atoms with Gasteiger partial charge >= 0.3 is 0 Å². The first-order chi connectivity index (χ1) is 8.49. The van der Waals surface area contributed by atoms with Crippen molar-refractivity contribution in [3.8, 4) is 0 Å². The Kier molecular flexibility index (Phi) is 4.04. The molecule has 0 aliphatic carbocycles. The number of hydrogen-bond acceptors (Lipinski definition) is 4. The lowest BCUT2D eigenvalue weighted by Gasteiger charge is -2.30. The zero-order chi connectivity index (χ0) is 13.2. The summed E-state index contributed by atoms with van der Waals surface area (Å²) < 4.78 is 26.6. The molecule has 1 aromatic heterocycles. The summed E-state index contributed by atoms with van der Waals surface area (Å²) in [6.07, 6.45) is 3.64. The molecule has 1 aliphatic rings. The molecule has 2 rings (SSSR count). The Labute approximate surface area is 108 Å². The summed E-state index contributed by atoms with van der Waals surface area (Å²) >= 11 is 0. The minimum Gasteiger partial charge on any atom is -0.332 e. The van der Waals surface area contributed by atoms with Crippen LogP contribution in [0, 0.1) is 12.8 Å². The van der Waals surface area contributed by atoms with Crippen molar-refractivity contribution in [1.29, 1.82) is 0 Å². The third-order valence-electron chi connectivity index (χ3n) is 3.39. The molecule has 0 spiro atoms. The molecule has 0 aromatic carbocycles. The molecule has 102 valence electrons. The van der Waals surface area contributed by atoms with Crippen LogP contribution in [0.15, 0.2) is 11.2 Å². The Morgan fingerprint density at radius 3 is 2.94 bits per heavy atom. The summed E-state index contributed by atoms with van der Waals surface area (Å²) in [4.78, 5) is 6.64. The van der Waals surface area contributed by atoms with Crippen molar-refractivity contribution >= 4 is 10.0 Å². The molecule has 2 heterocycles. The Morgan fingerprint density at radius 2 is 2.33 bits per heavy atom. The van der Waals surface area contributed by atoms with E-state index < -0.39 is 10.0 Å². The Morgan fingerprint density at radius 1 is 1.56 bits per heavy atom. The van der Waals surface area contributed by atoms with Gasteiger partial charge in [-0.1, -0.05) is 6.92 Å². The molecule has 0 amide bonds. The van der Waals surface area contributed by atoms with Gasteiger partial charge in [-0.2, -0.15) is 0 Å². The standard InChI is InChI=1S/C11H20N4O2S/c1-8-4-3-5-12-10(8)6-14-18(16,17)11-7-13-9(2)15-11/h7-8,10,12,14H,3-6H2,1-2H3,(H,13,15). The van der Waals surface area contributed by atoms with E-state index in [1.54, 1.807) is 6.92 Å². The molecule has 0 saturated carbocycles. The summed E-state index contributed by atoms with van der Waals surface area (Å²) in [5.74, 6) is 1.09. The molecule has 18 heavy (non-hydrogen) atoms. The second-order valence-electron chi connectivity index (χ2n) is 4.86. The molecule has 1 saturated heterocycles. The van der Waals surface area contributed by atoms with Crippen LogP contribution in [0.25, 0.3) is 0 Å². The number of hydrogen-bond donors (Lipinski definition) is 3. The predicted molar refractivity (Wildman–Crippen MR) is 68.7 cm³/mol. The van der Waals surface area contributed by atoms with Crippen molar-refractivity contribution in [2.45, 2.75) is 37.8 Å². The zero-order valence-corrected chi connectivity index (χ0v) is 11.5. The van der Waals surface area contributed by atoms with Crippen LogP contribution in [0.4, 0.5) is 0 Å². The number of nitrogens with one attached hydrogen (secondary N) is 3. The maximum atomic E-state index is 12.0. The van der Waals surface area contributed by atoms with Crippen LogP contribution in [-0.4, -0.2) is 37.5 Å². The number of imidazole rings is 1. The first-order valence-electron chi connectivity index (χ1n) is 6.24. The van der Waals surface area contributed by atoms with E-state index >= 15 is 0 Å². The maximum Gasteiger partial charge on any atom is 0.257 e. The van der Waals surface area contributed by atoms with Gasteiger partial charge in [0.15, 0.2) is 5.03 Å². The third kappa shape index (κ3) is 3.09. The fraction of sp³-hybridized carbons (Fsp3) is 0.727. The van der Waals surface area contributed by atoms with E-state index in [1.165, 1.54) is 6.20 Å². The lowest BCUT2D eigenvalue weighted by molar-refractivity contribution is 0.300. The van der Waals surface area contributed by atoms with Gasteiger partial charge in [-0.05, 0) is 32.2 Å². The molecular weight excluding hydrogens is 252 g/mol. The number of aromatic amines is 1. The van der Waals surface area contributed by atoms with Crippen LogP contribution in [0.2, 0.25) is 0 Å². The van der Waals surface area contributed by atoms with Crippen molar-refractivity contribution in [2.24, 2.45) is 5.92 Å². The molecular formula is C11H20N4O2S. The predicted octanol–water partition coefficient (Wildman–Crippen LogP) is 0.385. The van der Waals surface area contributed by atoms with Crippen LogP contribution in [0.5, 0.6) is 0 Å². The number of rotatable bonds is 4. The van der Waals surface area contributed by atoms with E-state index in [2.05, 4.69) is 26.9 Å². The van der Waals surface area contributed by atoms with Crippen molar-refractivity contribution in [1.82, 2.24) is 20.0 Å². The number of piperidine rings is 1. The summed E-state index contributed by atoms with van der Waals surface area (Å²) in [5.41, 5.74) is 0. The number of nitrogens with zero attached hydrogens (tertiary/aromatic N) is 1. The van der Waals surface area contributed by atoms with Gasteiger partial charge in [0.2, 0.25) is 0 Å². The number of aromatic nitrogens is 2. The van der Waals surface area contributed by atoms with Crippen molar-refractivity contribution in [3.63, 3.8) is 0 Å². The molecule has 0 bridgehead atoms. The SMILES string of the molecule is Cc1ncc(S(=O)(=O)NCC2NCCCC2C)[nH]1. The monoisotopic (exact) mass is 272 g/mol. The van der Waals surface area contributed by atoms with Gasteiger partial charge in [0, 0.05) is 12.6 Å². The number of aryl methyl sites for hydroxylation is 1. The van der Waals surface area contributed by atoms with E-state index in [-0.39, 0.29) is 11.1 Å². The number of sulfonamides is 1.